The van der Waals surface area contributed by atoms with Crippen molar-refractivity contribution in [3.63, 3.8) is 0 Å². The Labute approximate surface area is 121 Å². The number of rotatable bonds is 6. The van der Waals surface area contributed by atoms with Crippen LogP contribution in [-0.2, 0) is 6.42 Å². The quantitative estimate of drug-likeness (QED) is 0.862. The normalized spacial score (nSPS) is 12.7. The number of hydrogen-bond donors (Lipinski definition) is 1. The van der Waals surface area contributed by atoms with Gasteiger partial charge < -0.3 is 10.1 Å². The Morgan fingerprint density at radius 2 is 1.85 bits per heavy atom. The van der Waals surface area contributed by atoms with Crippen LogP contribution in [0, 0.1) is 0 Å². The molecule has 2 aromatic rings. The molecule has 0 aliphatic carbocycles. The van der Waals surface area contributed by atoms with Crippen molar-refractivity contribution in [2.45, 2.75) is 26.0 Å². The molecule has 2 rings (SSSR count). The highest BCUT2D eigenvalue weighted by molar-refractivity contribution is 7.12. The summed E-state index contributed by atoms with van der Waals surface area (Å²) in [5.74, 6) is 0.180. The van der Waals surface area contributed by atoms with Crippen LogP contribution in [0.1, 0.15) is 28.3 Å². The van der Waals surface area contributed by atoms with E-state index in [2.05, 4.69) is 29.1 Å². The van der Waals surface area contributed by atoms with Crippen molar-refractivity contribution in [3.8, 4) is 5.75 Å². The number of aryl methyl sites for hydroxylation is 1. The predicted octanol–water partition coefficient (Wildman–Crippen LogP) is 4.22. The minimum atomic E-state index is -2.79. The molecule has 0 spiro atoms. The number of alkyl halides is 2. The van der Waals surface area contributed by atoms with Crippen LogP contribution in [0.25, 0.3) is 0 Å². The molecule has 0 aliphatic heterocycles. The number of halogens is 2. The summed E-state index contributed by atoms with van der Waals surface area (Å²) in [7, 11) is 1.89. The Hall–Kier alpha value is -1.46. The zero-order valence-electron chi connectivity index (χ0n) is 11.4. The van der Waals surface area contributed by atoms with Gasteiger partial charge in [0.15, 0.2) is 0 Å². The molecule has 1 N–H and O–H groups in total. The third-order valence-electron chi connectivity index (χ3n) is 3.04. The van der Waals surface area contributed by atoms with Crippen LogP contribution in [0.2, 0.25) is 0 Å². The standard InChI is InChI=1S/C15H17F2NOS/c1-3-12-8-9-13(20-12)14(18-2)10-4-6-11(7-5-10)19-15(16)17/h4-9,14-15,18H,3H2,1-2H3. The minimum absolute atomic E-state index is 0.0703. The highest BCUT2D eigenvalue weighted by Crippen LogP contribution is 2.29. The third kappa shape index (κ3) is 3.55. The van der Waals surface area contributed by atoms with Crippen LogP contribution >= 0.6 is 11.3 Å². The maximum absolute atomic E-state index is 12.1. The van der Waals surface area contributed by atoms with E-state index >= 15 is 0 Å². The summed E-state index contributed by atoms with van der Waals surface area (Å²) in [4.78, 5) is 2.55. The van der Waals surface area contributed by atoms with Crippen LogP contribution < -0.4 is 10.1 Å². The molecule has 0 aliphatic rings. The van der Waals surface area contributed by atoms with Crippen molar-refractivity contribution < 1.29 is 13.5 Å². The summed E-state index contributed by atoms with van der Waals surface area (Å²) < 4.78 is 28.6. The highest BCUT2D eigenvalue weighted by atomic mass is 32.1. The summed E-state index contributed by atoms with van der Waals surface area (Å²) in [6.07, 6.45) is 1.02. The Bertz CT molecular complexity index is 539. The Morgan fingerprint density at radius 3 is 2.35 bits per heavy atom. The lowest BCUT2D eigenvalue weighted by Crippen LogP contribution is -2.16. The van der Waals surface area contributed by atoms with Crippen LogP contribution in [-0.4, -0.2) is 13.7 Å². The number of hydrogen-bond acceptors (Lipinski definition) is 3. The van der Waals surface area contributed by atoms with Crippen molar-refractivity contribution in [1.82, 2.24) is 5.32 Å². The van der Waals surface area contributed by atoms with E-state index in [0.29, 0.717) is 0 Å². The van der Waals surface area contributed by atoms with Crippen molar-refractivity contribution in [3.05, 3.63) is 51.7 Å². The first-order valence-corrected chi connectivity index (χ1v) is 7.26. The lowest BCUT2D eigenvalue weighted by molar-refractivity contribution is -0.0498. The fourth-order valence-electron chi connectivity index (χ4n) is 2.05. The minimum Gasteiger partial charge on any atom is -0.435 e. The van der Waals surface area contributed by atoms with Crippen LogP contribution in [0.5, 0.6) is 5.75 Å². The van der Waals surface area contributed by atoms with Crippen molar-refractivity contribution in [2.24, 2.45) is 0 Å². The summed E-state index contributed by atoms with van der Waals surface area (Å²) in [6.45, 7) is -0.661. The van der Waals surface area contributed by atoms with E-state index in [-0.39, 0.29) is 11.8 Å². The van der Waals surface area contributed by atoms with E-state index in [1.165, 1.54) is 9.75 Å². The zero-order valence-corrected chi connectivity index (χ0v) is 12.2. The molecule has 0 fully saturated rings. The molecule has 0 amide bonds. The van der Waals surface area contributed by atoms with Crippen molar-refractivity contribution >= 4 is 11.3 Å². The molecular formula is C15H17F2NOS. The summed E-state index contributed by atoms with van der Waals surface area (Å²) in [5.41, 5.74) is 1.03. The molecule has 0 saturated carbocycles. The van der Waals surface area contributed by atoms with Gasteiger partial charge in [-0.05, 0) is 43.3 Å². The van der Waals surface area contributed by atoms with E-state index in [9.17, 15) is 8.78 Å². The molecule has 20 heavy (non-hydrogen) atoms. The molecule has 1 heterocycles. The van der Waals surface area contributed by atoms with Gasteiger partial charge in [-0.2, -0.15) is 8.78 Å². The lowest BCUT2D eigenvalue weighted by Gasteiger charge is -2.15. The molecule has 1 atom stereocenters. The maximum atomic E-state index is 12.1. The maximum Gasteiger partial charge on any atom is 0.387 e. The van der Waals surface area contributed by atoms with Crippen LogP contribution in [0.15, 0.2) is 36.4 Å². The number of thiophene rings is 1. The topological polar surface area (TPSA) is 21.3 Å². The third-order valence-corrected chi connectivity index (χ3v) is 4.34. The van der Waals surface area contributed by atoms with Gasteiger partial charge in [0.1, 0.15) is 5.75 Å². The van der Waals surface area contributed by atoms with E-state index in [4.69, 9.17) is 0 Å². The van der Waals surface area contributed by atoms with Gasteiger partial charge in [-0.3, -0.25) is 0 Å². The van der Waals surface area contributed by atoms with Gasteiger partial charge in [-0.15, -0.1) is 11.3 Å². The number of benzene rings is 1. The number of nitrogens with one attached hydrogen (secondary N) is 1. The molecule has 1 unspecified atom stereocenters. The second-order valence-corrected chi connectivity index (χ2v) is 5.53. The molecule has 108 valence electrons. The second-order valence-electron chi connectivity index (χ2n) is 4.33. The van der Waals surface area contributed by atoms with Gasteiger partial charge in [-0.25, -0.2) is 0 Å². The molecule has 1 aromatic heterocycles. The molecule has 1 aromatic carbocycles. The molecule has 5 heteroatoms. The smallest absolute Gasteiger partial charge is 0.387 e. The SMILES string of the molecule is CCc1ccc(C(NC)c2ccc(OC(F)F)cc2)s1. The van der Waals surface area contributed by atoms with E-state index in [1.54, 1.807) is 23.5 Å². The Balaban J connectivity index is 2.18. The van der Waals surface area contributed by atoms with Gasteiger partial charge in [0, 0.05) is 9.75 Å². The van der Waals surface area contributed by atoms with Crippen molar-refractivity contribution in [2.75, 3.05) is 7.05 Å². The fourth-order valence-corrected chi connectivity index (χ4v) is 3.15. The van der Waals surface area contributed by atoms with Gasteiger partial charge in [0.05, 0.1) is 6.04 Å². The highest BCUT2D eigenvalue weighted by Gasteiger charge is 2.14. The van der Waals surface area contributed by atoms with Gasteiger partial charge in [0.25, 0.3) is 0 Å². The zero-order chi connectivity index (χ0) is 14.5. The summed E-state index contributed by atoms with van der Waals surface area (Å²) >= 11 is 1.76. The van der Waals surface area contributed by atoms with Crippen LogP contribution in [0.3, 0.4) is 0 Å². The van der Waals surface area contributed by atoms with Gasteiger partial charge >= 0.3 is 6.61 Å². The Kier molecular flexibility index (Phi) is 5.09. The summed E-state index contributed by atoms with van der Waals surface area (Å²) in [6, 6.07) is 11.1. The first-order valence-electron chi connectivity index (χ1n) is 6.44. The van der Waals surface area contributed by atoms with Gasteiger partial charge in [0.2, 0.25) is 0 Å². The van der Waals surface area contributed by atoms with Gasteiger partial charge in [-0.1, -0.05) is 19.1 Å². The monoisotopic (exact) mass is 297 g/mol. The van der Waals surface area contributed by atoms with E-state index < -0.39 is 6.61 Å². The number of ether oxygens (including phenoxy) is 1. The average molecular weight is 297 g/mol. The van der Waals surface area contributed by atoms with E-state index in [1.807, 2.05) is 19.2 Å². The Morgan fingerprint density at radius 1 is 1.15 bits per heavy atom. The van der Waals surface area contributed by atoms with Crippen molar-refractivity contribution in [1.29, 1.82) is 0 Å². The molecule has 2 nitrogen and oxygen atoms in total. The predicted molar refractivity (Wildman–Crippen MR) is 77.7 cm³/mol. The van der Waals surface area contributed by atoms with Crippen LogP contribution in [0.4, 0.5) is 8.78 Å². The largest absolute Gasteiger partial charge is 0.435 e. The molecular weight excluding hydrogens is 280 g/mol. The second kappa shape index (κ2) is 6.81. The molecule has 0 bridgehead atoms. The lowest BCUT2D eigenvalue weighted by atomic mass is 10.1. The van der Waals surface area contributed by atoms with E-state index in [0.717, 1.165) is 12.0 Å². The fraction of sp³-hybridized carbons (Fsp3) is 0.333. The average Bonchev–Trinajstić information content (AvgIpc) is 2.90. The molecule has 0 saturated heterocycles. The molecule has 0 radical (unpaired) electrons. The summed E-state index contributed by atoms with van der Waals surface area (Å²) in [5, 5.41) is 3.25. The first-order chi connectivity index (χ1) is 9.63. The first kappa shape index (κ1) is 14.9.